The molecule has 1 aromatic rings. The van der Waals surface area contributed by atoms with Gasteiger partial charge in [0.15, 0.2) is 0 Å². The maximum atomic E-state index is 11.3. The van der Waals surface area contributed by atoms with Gasteiger partial charge in [0.05, 0.1) is 26.2 Å². The SMILES string of the molecule is O.O=C(Cc1ccccc1)OCCOCCO. The van der Waals surface area contributed by atoms with E-state index in [1.165, 1.54) is 0 Å². The first kappa shape index (κ1) is 15.6. The van der Waals surface area contributed by atoms with Crippen LogP contribution in [0.15, 0.2) is 30.3 Å². The number of benzene rings is 1. The molecule has 17 heavy (non-hydrogen) atoms. The van der Waals surface area contributed by atoms with Crippen LogP contribution in [-0.4, -0.2) is 43.0 Å². The summed E-state index contributed by atoms with van der Waals surface area (Å²) in [5.41, 5.74) is 0.934. The van der Waals surface area contributed by atoms with E-state index in [9.17, 15) is 4.79 Å². The Labute approximate surface area is 100 Å². The maximum Gasteiger partial charge on any atom is 0.310 e. The normalized spacial score (nSPS) is 9.47. The molecule has 0 unspecified atom stereocenters. The van der Waals surface area contributed by atoms with Gasteiger partial charge in [-0.25, -0.2) is 0 Å². The lowest BCUT2D eigenvalue weighted by Gasteiger charge is -2.05. The fourth-order valence-corrected chi connectivity index (χ4v) is 1.19. The molecule has 0 aromatic heterocycles. The highest BCUT2D eigenvalue weighted by atomic mass is 16.6. The standard InChI is InChI=1S/C12H16O4.H2O/c13-6-7-15-8-9-16-12(14)10-11-4-2-1-3-5-11;/h1-5,13H,6-10H2;1H2. The molecule has 1 rings (SSSR count). The molecule has 0 aliphatic heterocycles. The summed E-state index contributed by atoms with van der Waals surface area (Å²) in [6, 6.07) is 9.42. The highest BCUT2D eigenvalue weighted by molar-refractivity contribution is 5.72. The molecule has 0 spiro atoms. The number of carbonyl (C=O) groups is 1. The van der Waals surface area contributed by atoms with Crippen LogP contribution in [0.2, 0.25) is 0 Å². The number of ether oxygens (including phenoxy) is 2. The Morgan fingerprint density at radius 2 is 1.82 bits per heavy atom. The number of hydrogen-bond acceptors (Lipinski definition) is 4. The Balaban J connectivity index is 0.00000256. The van der Waals surface area contributed by atoms with Crippen molar-refractivity contribution in [2.75, 3.05) is 26.4 Å². The molecule has 0 heterocycles. The summed E-state index contributed by atoms with van der Waals surface area (Å²) in [7, 11) is 0. The van der Waals surface area contributed by atoms with Crippen molar-refractivity contribution < 1.29 is 24.9 Å². The van der Waals surface area contributed by atoms with Crippen molar-refractivity contribution >= 4 is 5.97 Å². The monoisotopic (exact) mass is 242 g/mol. The first-order valence-electron chi connectivity index (χ1n) is 5.21. The largest absolute Gasteiger partial charge is 0.463 e. The van der Waals surface area contributed by atoms with E-state index < -0.39 is 0 Å². The number of hydrogen-bond donors (Lipinski definition) is 1. The molecule has 3 N–H and O–H groups in total. The van der Waals surface area contributed by atoms with Crippen LogP contribution in [0.25, 0.3) is 0 Å². The van der Waals surface area contributed by atoms with Gasteiger partial charge < -0.3 is 20.1 Å². The van der Waals surface area contributed by atoms with E-state index in [4.69, 9.17) is 14.6 Å². The van der Waals surface area contributed by atoms with Gasteiger partial charge in [0.25, 0.3) is 0 Å². The van der Waals surface area contributed by atoms with Gasteiger partial charge in [-0.2, -0.15) is 0 Å². The predicted molar refractivity (Wildman–Crippen MR) is 62.6 cm³/mol. The molecule has 0 atom stereocenters. The zero-order valence-electron chi connectivity index (χ0n) is 9.59. The summed E-state index contributed by atoms with van der Waals surface area (Å²) in [5, 5.41) is 8.44. The van der Waals surface area contributed by atoms with E-state index in [2.05, 4.69) is 0 Å². The van der Waals surface area contributed by atoms with Gasteiger partial charge in [0.2, 0.25) is 0 Å². The van der Waals surface area contributed by atoms with Crippen molar-refractivity contribution in [1.82, 2.24) is 0 Å². The van der Waals surface area contributed by atoms with Crippen LogP contribution in [0.3, 0.4) is 0 Å². The van der Waals surface area contributed by atoms with E-state index in [1.54, 1.807) is 0 Å². The van der Waals surface area contributed by atoms with Crippen molar-refractivity contribution in [2.45, 2.75) is 6.42 Å². The van der Waals surface area contributed by atoms with E-state index in [-0.39, 0.29) is 37.7 Å². The van der Waals surface area contributed by atoms with Gasteiger partial charge in [0.1, 0.15) is 6.61 Å². The molecule has 0 bridgehead atoms. The molecular weight excluding hydrogens is 224 g/mol. The molecule has 0 saturated carbocycles. The van der Waals surface area contributed by atoms with E-state index in [1.807, 2.05) is 30.3 Å². The lowest BCUT2D eigenvalue weighted by atomic mass is 10.2. The van der Waals surface area contributed by atoms with Crippen LogP contribution in [0, 0.1) is 0 Å². The Hall–Kier alpha value is -1.43. The van der Waals surface area contributed by atoms with Gasteiger partial charge in [-0.15, -0.1) is 0 Å². The first-order valence-corrected chi connectivity index (χ1v) is 5.21. The van der Waals surface area contributed by atoms with Crippen LogP contribution in [0.5, 0.6) is 0 Å². The minimum atomic E-state index is -0.265. The van der Waals surface area contributed by atoms with Crippen molar-refractivity contribution in [3.8, 4) is 0 Å². The minimum Gasteiger partial charge on any atom is -0.463 e. The number of rotatable bonds is 7. The third-order valence-corrected chi connectivity index (χ3v) is 1.92. The maximum absolute atomic E-state index is 11.3. The quantitative estimate of drug-likeness (QED) is 0.536. The highest BCUT2D eigenvalue weighted by Crippen LogP contribution is 2.00. The Morgan fingerprint density at radius 3 is 2.47 bits per heavy atom. The zero-order chi connectivity index (χ0) is 11.6. The third kappa shape index (κ3) is 7.46. The van der Waals surface area contributed by atoms with Crippen molar-refractivity contribution in [2.24, 2.45) is 0 Å². The van der Waals surface area contributed by atoms with Crippen molar-refractivity contribution in [1.29, 1.82) is 0 Å². The molecule has 5 nitrogen and oxygen atoms in total. The Bertz CT molecular complexity index is 299. The smallest absolute Gasteiger partial charge is 0.310 e. The molecule has 96 valence electrons. The summed E-state index contributed by atoms with van der Waals surface area (Å²) in [4.78, 5) is 11.3. The van der Waals surface area contributed by atoms with Crippen LogP contribution < -0.4 is 0 Å². The second-order valence-corrected chi connectivity index (χ2v) is 3.22. The van der Waals surface area contributed by atoms with Crippen molar-refractivity contribution in [3.63, 3.8) is 0 Å². The lowest BCUT2D eigenvalue weighted by molar-refractivity contribution is -0.144. The van der Waals surface area contributed by atoms with Crippen LogP contribution >= 0.6 is 0 Å². The Kier molecular flexibility index (Phi) is 8.95. The number of carbonyl (C=O) groups excluding carboxylic acids is 1. The molecule has 0 radical (unpaired) electrons. The zero-order valence-corrected chi connectivity index (χ0v) is 9.59. The van der Waals surface area contributed by atoms with E-state index >= 15 is 0 Å². The molecule has 1 aromatic carbocycles. The average Bonchev–Trinajstić information content (AvgIpc) is 2.30. The van der Waals surface area contributed by atoms with E-state index in [0.29, 0.717) is 6.61 Å². The second kappa shape index (κ2) is 9.77. The molecule has 5 heteroatoms. The summed E-state index contributed by atoms with van der Waals surface area (Å²) in [6.07, 6.45) is 0.279. The summed E-state index contributed by atoms with van der Waals surface area (Å²) >= 11 is 0. The van der Waals surface area contributed by atoms with Gasteiger partial charge in [0, 0.05) is 0 Å². The molecule has 0 amide bonds. The fraction of sp³-hybridized carbons (Fsp3) is 0.417. The van der Waals surface area contributed by atoms with Gasteiger partial charge in [-0.05, 0) is 5.56 Å². The molecular formula is C12H18O5. The topological polar surface area (TPSA) is 87.3 Å². The summed E-state index contributed by atoms with van der Waals surface area (Å²) in [5.74, 6) is -0.265. The van der Waals surface area contributed by atoms with Gasteiger partial charge in [-0.1, -0.05) is 30.3 Å². The molecule has 0 saturated heterocycles. The molecule has 0 aliphatic rings. The second-order valence-electron chi connectivity index (χ2n) is 3.22. The number of aliphatic hydroxyl groups is 1. The number of esters is 1. The van der Waals surface area contributed by atoms with Crippen LogP contribution in [0.1, 0.15) is 5.56 Å². The van der Waals surface area contributed by atoms with E-state index in [0.717, 1.165) is 5.56 Å². The molecule has 0 aliphatic carbocycles. The van der Waals surface area contributed by atoms with Crippen molar-refractivity contribution in [3.05, 3.63) is 35.9 Å². The van der Waals surface area contributed by atoms with Crippen LogP contribution in [0.4, 0.5) is 0 Å². The third-order valence-electron chi connectivity index (χ3n) is 1.92. The van der Waals surface area contributed by atoms with Crippen LogP contribution in [-0.2, 0) is 20.7 Å². The Morgan fingerprint density at radius 1 is 1.12 bits per heavy atom. The summed E-state index contributed by atoms with van der Waals surface area (Å²) in [6.45, 7) is 0.807. The highest BCUT2D eigenvalue weighted by Gasteiger charge is 2.03. The van der Waals surface area contributed by atoms with Gasteiger partial charge >= 0.3 is 5.97 Å². The summed E-state index contributed by atoms with van der Waals surface area (Å²) < 4.78 is 9.90. The average molecular weight is 242 g/mol. The number of aliphatic hydroxyl groups excluding tert-OH is 1. The fourth-order valence-electron chi connectivity index (χ4n) is 1.19. The first-order chi connectivity index (χ1) is 7.83. The lowest BCUT2D eigenvalue weighted by Crippen LogP contribution is -2.13. The minimum absolute atomic E-state index is 0. The van der Waals surface area contributed by atoms with Gasteiger partial charge in [-0.3, -0.25) is 4.79 Å². The predicted octanol–water partition coefficient (Wildman–Crippen LogP) is -0.0435. The molecule has 0 fully saturated rings.